The van der Waals surface area contributed by atoms with E-state index in [9.17, 15) is 4.79 Å². The Morgan fingerprint density at radius 1 is 1.57 bits per heavy atom. The number of aromatic nitrogens is 2. The van der Waals surface area contributed by atoms with Gasteiger partial charge in [0, 0.05) is 20.1 Å². The van der Waals surface area contributed by atoms with E-state index in [0.717, 1.165) is 11.5 Å². The number of carbonyl (C=O) groups is 1. The second kappa shape index (κ2) is 6.34. The smallest absolute Gasteiger partial charge is 0.245 e. The van der Waals surface area contributed by atoms with Gasteiger partial charge < -0.3 is 20.7 Å². The first kappa shape index (κ1) is 15.6. The van der Waals surface area contributed by atoms with E-state index in [1.165, 1.54) is 0 Å². The van der Waals surface area contributed by atoms with Gasteiger partial charge in [-0.15, -0.1) is 0 Å². The van der Waals surface area contributed by atoms with Crippen LogP contribution in [-0.2, 0) is 16.6 Å². The highest BCUT2D eigenvalue weighted by atomic mass is 16.5. The van der Waals surface area contributed by atoms with Crippen molar-refractivity contribution >= 4 is 17.4 Å². The van der Waals surface area contributed by atoms with Crippen LogP contribution in [0.25, 0.3) is 0 Å². The Morgan fingerprint density at radius 3 is 2.86 bits per heavy atom. The number of anilines is 2. The molecule has 1 aliphatic heterocycles. The lowest BCUT2D eigenvalue weighted by molar-refractivity contribution is -0.124. The van der Waals surface area contributed by atoms with Crippen molar-refractivity contribution in [3.8, 4) is 0 Å². The number of likely N-dealkylation sites (N-methyl/N-ethyl adjacent to an activating group) is 1. The standard InChI is InChI=1S/C14H25N5O2/c1-5-16-13(20)10-8-21-7-6-19(10)14-11(15)12(9(2)3)17-18(14)4/h9-10H,5-8,15H2,1-4H3,(H,16,20). The minimum Gasteiger partial charge on any atom is -0.394 e. The number of amides is 1. The summed E-state index contributed by atoms with van der Waals surface area (Å²) in [6.45, 7) is 8.20. The molecule has 1 amide bonds. The molecule has 2 heterocycles. The van der Waals surface area contributed by atoms with Crippen molar-refractivity contribution in [3.05, 3.63) is 5.69 Å². The molecular weight excluding hydrogens is 270 g/mol. The summed E-state index contributed by atoms with van der Waals surface area (Å²) in [4.78, 5) is 14.2. The Labute approximate surface area is 125 Å². The number of carbonyl (C=O) groups excluding carboxylic acids is 1. The third-order valence-electron chi connectivity index (χ3n) is 3.68. The molecule has 7 heteroatoms. The maximum absolute atomic E-state index is 12.2. The summed E-state index contributed by atoms with van der Waals surface area (Å²) >= 11 is 0. The molecule has 1 fully saturated rings. The van der Waals surface area contributed by atoms with Gasteiger partial charge in [0.15, 0.2) is 5.82 Å². The number of nitrogens with two attached hydrogens (primary N) is 1. The summed E-state index contributed by atoms with van der Waals surface area (Å²) in [6.07, 6.45) is 0. The zero-order chi connectivity index (χ0) is 15.6. The van der Waals surface area contributed by atoms with Crippen LogP contribution in [0.3, 0.4) is 0 Å². The number of nitrogens with zero attached hydrogens (tertiary/aromatic N) is 3. The van der Waals surface area contributed by atoms with Crippen molar-refractivity contribution in [1.82, 2.24) is 15.1 Å². The second-order valence-electron chi connectivity index (χ2n) is 5.58. The lowest BCUT2D eigenvalue weighted by Gasteiger charge is -2.36. The molecule has 7 nitrogen and oxygen atoms in total. The third kappa shape index (κ3) is 2.97. The van der Waals surface area contributed by atoms with E-state index in [2.05, 4.69) is 24.3 Å². The molecule has 0 saturated carbocycles. The molecule has 1 atom stereocenters. The van der Waals surface area contributed by atoms with E-state index in [0.29, 0.717) is 32.0 Å². The topological polar surface area (TPSA) is 85.4 Å². The van der Waals surface area contributed by atoms with Crippen molar-refractivity contribution in [2.24, 2.45) is 7.05 Å². The molecule has 1 unspecified atom stereocenters. The highest BCUT2D eigenvalue weighted by Crippen LogP contribution is 2.32. The number of rotatable bonds is 4. The molecule has 0 spiro atoms. The Balaban J connectivity index is 2.35. The van der Waals surface area contributed by atoms with Crippen LogP contribution in [0.2, 0.25) is 0 Å². The SMILES string of the molecule is CCNC(=O)C1COCCN1c1c(N)c(C(C)C)nn1C. The molecule has 3 N–H and O–H groups in total. The van der Waals surface area contributed by atoms with Gasteiger partial charge in [-0.3, -0.25) is 9.48 Å². The first-order chi connectivity index (χ1) is 9.97. The fraction of sp³-hybridized carbons (Fsp3) is 0.714. The zero-order valence-corrected chi connectivity index (χ0v) is 13.2. The van der Waals surface area contributed by atoms with Crippen molar-refractivity contribution in [2.75, 3.05) is 36.9 Å². The van der Waals surface area contributed by atoms with E-state index >= 15 is 0 Å². The van der Waals surface area contributed by atoms with E-state index in [-0.39, 0.29) is 17.9 Å². The fourth-order valence-corrected chi connectivity index (χ4v) is 2.69. The van der Waals surface area contributed by atoms with Crippen molar-refractivity contribution in [2.45, 2.75) is 32.7 Å². The van der Waals surface area contributed by atoms with Gasteiger partial charge in [-0.05, 0) is 12.8 Å². The van der Waals surface area contributed by atoms with Crippen LogP contribution in [0, 0.1) is 0 Å². The van der Waals surface area contributed by atoms with Crippen LogP contribution in [0.1, 0.15) is 32.4 Å². The van der Waals surface area contributed by atoms with Crippen molar-refractivity contribution in [1.29, 1.82) is 0 Å². The second-order valence-corrected chi connectivity index (χ2v) is 5.58. The van der Waals surface area contributed by atoms with E-state index in [1.807, 2.05) is 18.9 Å². The minimum atomic E-state index is -0.364. The van der Waals surface area contributed by atoms with Gasteiger partial charge in [0.2, 0.25) is 5.91 Å². The van der Waals surface area contributed by atoms with Crippen molar-refractivity contribution in [3.63, 3.8) is 0 Å². The summed E-state index contributed by atoms with van der Waals surface area (Å²) in [7, 11) is 1.86. The van der Waals surface area contributed by atoms with E-state index < -0.39 is 0 Å². The first-order valence-corrected chi connectivity index (χ1v) is 7.41. The molecule has 1 aliphatic rings. The molecule has 118 valence electrons. The van der Waals surface area contributed by atoms with Gasteiger partial charge in [-0.25, -0.2) is 0 Å². The number of aryl methyl sites for hydroxylation is 1. The van der Waals surface area contributed by atoms with Gasteiger partial charge in [0.05, 0.1) is 24.6 Å². The largest absolute Gasteiger partial charge is 0.394 e. The van der Waals surface area contributed by atoms with Crippen LogP contribution in [0.5, 0.6) is 0 Å². The highest BCUT2D eigenvalue weighted by molar-refractivity contribution is 5.86. The zero-order valence-electron chi connectivity index (χ0n) is 13.2. The first-order valence-electron chi connectivity index (χ1n) is 7.41. The normalized spacial score (nSPS) is 19.1. The number of hydrogen-bond donors (Lipinski definition) is 2. The molecular formula is C14H25N5O2. The third-order valence-corrected chi connectivity index (χ3v) is 3.68. The van der Waals surface area contributed by atoms with Gasteiger partial charge in [0.1, 0.15) is 6.04 Å². The molecule has 1 aromatic rings. The lowest BCUT2D eigenvalue weighted by Crippen LogP contribution is -2.54. The summed E-state index contributed by atoms with van der Waals surface area (Å²) in [5.74, 6) is 1.01. The Bertz CT molecular complexity index is 512. The summed E-state index contributed by atoms with van der Waals surface area (Å²) in [5.41, 5.74) is 7.80. The van der Waals surface area contributed by atoms with Gasteiger partial charge in [-0.1, -0.05) is 13.8 Å². The molecule has 0 bridgehead atoms. The molecule has 0 radical (unpaired) electrons. The quantitative estimate of drug-likeness (QED) is 0.843. The van der Waals surface area contributed by atoms with Crippen LogP contribution in [0.15, 0.2) is 0 Å². The van der Waals surface area contributed by atoms with Gasteiger partial charge in [0.25, 0.3) is 0 Å². The highest BCUT2D eigenvalue weighted by Gasteiger charge is 2.33. The molecule has 1 aromatic heterocycles. The number of morpholine rings is 1. The Morgan fingerprint density at radius 2 is 2.29 bits per heavy atom. The number of ether oxygens (including phenoxy) is 1. The molecule has 21 heavy (non-hydrogen) atoms. The average Bonchev–Trinajstić information content (AvgIpc) is 2.74. The summed E-state index contributed by atoms with van der Waals surface area (Å²) in [5, 5.41) is 7.35. The molecule has 1 saturated heterocycles. The maximum Gasteiger partial charge on any atom is 0.245 e. The van der Waals surface area contributed by atoms with Crippen LogP contribution < -0.4 is 16.0 Å². The fourth-order valence-electron chi connectivity index (χ4n) is 2.69. The lowest BCUT2D eigenvalue weighted by atomic mass is 10.1. The minimum absolute atomic E-state index is 0.0381. The summed E-state index contributed by atoms with van der Waals surface area (Å²) in [6, 6.07) is -0.364. The Hall–Kier alpha value is -1.76. The van der Waals surface area contributed by atoms with Gasteiger partial charge >= 0.3 is 0 Å². The van der Waals surface area contributed by atoms with Crippen LogP contribution in [0.4, 0.5) is 11.5 Å². The van der Waals surface area contributed by atoms with E-state index in [4.69, 9.17) is 10.5 Å². The number of nitrogen functional groups attached to an aromatic ring is 1. The van der Waals surface area contributed by atoms with Crippen LogP contribution >= 0.6 is 0 Å². The monoisotopic (exact) mass is 295 g/mol. The number of nitrogens with one attached hydrogen (secondary N) is 1. The van der Waals surface area contributed by atoms with Crippen LogP contribution in [-0.4, -0.2) is 48.0 Å². The molecule has 0 aromatic carbocycles. The molecule has 2 rings (SSSR count). The molecule has 0 aliphatic carbocycles. The van der Waals surface area contributed by atoms with Crippen molar-refractivity contribution < 1.29 is 9.53 Å². The van der Waals surface area contributed by atoms with Gasteiger partial charge in [-0.2, -0.15) is 5.10 Å². The maximum atomic E-state index is 12.2. The predicted molar refractivity (Wildman–Crippen MR) is 82.3 cm³/mol. The van der Waals surface area contributed by atoms with E-state index in [1.54, 1.807) is 4.68 Å². The predicted octanol–water partition coefficient (Wildman–Crippen LogP) is 0.467. The number of hydrogen-bond acceptors (Lipinski definition) is 5. The average molecular weight is 295 g/mol. The Kier molecular flexibility index (Phi) is 4.72. The summed E-state index contributed by atoms with van der Waals surface area (Å²) < 4.78 is 7.23.